The SMILES string of the molecule is CC(O)[C@H](N)C(=O)N[C@@H](CO)C(=O)N[C@@H](CCCCN)C(=O)N[C@@H](Cc1ccc(O)cc1)C(=O)N[C@@H](CCCN=C(N)N)C(=O)O. The lowest BCUT2D eigenvalue weighted by molar-refractivity contribution is -0.142. The van der Waals surface area contributed by atoms with Crippen LogP contribution in [0.1, 0.15) is 44.6 Å². The molecular weight excluding hydrogens is 606 g/mol. The molecule has 0 fully saturated rings. The van der Waals surface area contributed by atoms with Gasteiger partial charge in [0.15, 0.2) is 5.96 Å². The van der Waals surface area contributed by atoms with E-state index in [9.17, 15) is 44.4 Å². The maximum absolute atomic E-state index is 13.5. The predicted octanol–water partition coefficient (Wildman–Crippen LogP) is -4.16. The van der Waals surface area contributed by atoms with Gasteiger partial charge in [0.25, 0.3) is 0 Å². The zero-order valence-corrected chi connectivity index (χ0v) is 25.7. The van der Waals surface area contributed by atoms with E-state index in [0.29, 0.717) is 24.9 Å². The summed E-state index contributed by atoms with van der Waals surface area (Å²) >= 11 is 0. The van der Waals surface area contributed by atoms with Gasteiger partial charge in [-0.15, -0.1) is 0 Å². The number of aliphatic carboxylic acids is 1. The number of unbranched alkanes of at least 4 members (excludes halogenated alkanes) is 1. The molecule has 258 valence electrons. The predicted molar refractivity (Wildman–Crippen MR) is 167 cm³/mol. The summed E-state index contributed by atoms with van der Waals surface area (Å²) in [4.78, 5) is 67.8. The minimum atomic E-state index is -1.52. The van der Waals surface area contributed by atoms with Crippen molar-refractivity contribution in [3.05, 3.63) is 29.8 Å². The van der Waals surface area contributed by atoms with Gasteiger partial charge in [-0.3, -0.25) is 24.2 Å². The number of aromatic hydroxyl groups is 1. The number of hydrogen-bond acceptors (Lipinski definition) is 11. The number of carbonyl (C=O) groups excluding carboxylic acids is 4. The third-order valence-electron chi connectivity index (χ3n) is 6.79. The molecule has 0 saturated carbocycles. The Morgan fingerprint density at radius 1 is 0.804 bits per heavy atom. The molecule has 0 heterocycles. The molecule has 0 aliphatic rings. The van der Waals surface area contributed by atoms with Gasteiger partial charge in [0.1, 0.15) is 36.0 Å². The number of aliphatic imine (C=N–C) groups is 1. The van der Waals surface area contributed by atoms with Crippen LogP contribution < -0.4 is 44.2 Å². The summed E-state index contributed by atoms with van der Waals surface area (Å²) in [5, 5.41) is 48.3. The number of aliphatic hydroxyl groups is 2. The van der Waals surface area contributed by atoms with Crippen molar-refractivity contribution in [2.24, 2.45) is 27.9 Å². The van der Waals surface area contributed by atoms with Crippen LogP contribution in [-0.2, 0) is 30.4 Å². The van der Waals surface area contributed by atoms with Crippen molar-refractivity contribution < 1.29 is 44.4 Å². The highest BCUT2D eigenvalue weighted by molar-refractivity contribution is 5.95. The Labute approximate surface area is 266 Å². The van der Waals surface area contributed by atoms with Crippen LogP contribution in [0.25, 0.3) is 0 Å². The number of guanidine groups is 1. The topological polar surface area (TPSA) is 331 Å². The smallest absolute Gasteiger partial charge is 0.326 e. The highest BCUT2D eigenvalue weighted by Gasteiger charge is 2.32. The molecule has 1 aromatic rings. The summed E-state index contributed by atoms with van der Waals surface area (Å²) in [5.41, 5.74) is 22.3. The molecule has 1 rings (SSSR count). The van der Waals surface area contributed by atoms with Crippen LogP contribution in [0, 0.1) is 0 Å². The zero-order valence-electron chi connectivity index (χ0n) is 25.7. The van der Waals surface area contributed by atoms with Gasteiger partial charge in [-0.2, -0.15) is 0 Å². The summed E-state index contributed by atoms with van der Waals surface area (Å²) in [6.07, 6.45) is -0.234. The molecule has 0 radical (unpaired) electrons. The van der Waals surface area contributed by atoms with E-state index in [-0.39, 0.29) is 43.9 Å². The van der Waals surface area contributed by atoms with E-state index in [0.717, 1.165) is 0 Å². The third-order valence-corrected chi connectivity index (χ3v) is 6.79. The van der Waals surface area contributed by atoms with Crippen molar-refractivity contribution in [1.82, 2.24) is 21.3 Å². The maximum atomic E-state index is 13.5. The van der Waals surface area contributed by atoms with Crippen LogP contribution in [0.4, 0.5) is 0 Å². The van der Waals surface area contributed by atoms with Gasteiger partial charge in [-0.1, -0.05) is 12.1 Å². The van der Waals surface area contributed by atoms with Gasteiger partial charge in [0, 0.05) is 13.0 Å². The Bertz CT molecular complexity index is 1180. The average molecular weight is 654 g/mol. The van der Waals surface area contributed by atoms with Crippen LogP contribution in [0.3, 0.4) is 0 Å². The number of phenolic OH excluding ortho intramolecular Hbond substituents is 1. The number of hydrogen-bond donors (Lipinski definition) is 12. The number of carboxylic acids is 1. The first-order valence-corrected chi connectivity index (χ1v) is 14.7. The number of nitrogens with one attached hydrogen (secondary N) is 4. The first kappa shape index (κ1) is 39.5. The molecular formula is C28H47N9O9. The van der Waals surface area contributed by atoms with Gasteiger partial charge in [0.05, 0.1) is 12.7 Å². The molecule has 6 atom stereocenters. The normalized spacial score (nSPS) is 14.8. The number of aliphatic hydroxyl groups excluding tert-OH is 2. The molecule has 0 bridgehead atoms. The molecule has 16 N–H and O–H groups in total. The number of nitrogens with zero attached hydrogens (tertiary/aromatic N) is 1. The quantitative estimate of drug-likeness (QED) is 0.0341. The fourth-order valence-electron chi connectivity index (χ4n) is 4.10. The van der Waals surface area contributed by atoms with Gasteiger partial charge < -0.3 is 64.6 Å². The summed E-state index contributed by atoms with van der Waals surface area (Å²) in [5.74, 6) is -5.03. The Morgan fingerprint density at radius 2 is 1.33 bits per heavy atom. The van der Waals surface area contributed by atoms with Crippen molar-refractivity contribution in [3.8, 4) is 5.75 Å². The molecule has 18 heteroatoms. The van der Waals surface area contributed by atoms with Gasteiger partial charge in [-0.25, -0.2) is 4.79 Å². The van der Waals surface area contributed by atoms with E-state index in [1.165, 1.54) is 31.2 Å². The van der Waals surface area contributed by atoms with Crippen molar-refractivity contribution in [2.45, 2.75) is 81.8 Å². The second-order valence-corrected chi connectivity index (χ2v) is 10.6. The van der Waals surface area contributed by atoms with Crippen molar-refractivity contribution in [3.63, 3.8) is 0 Å². The van der Waals surface area contributed by atoms with E-state index in [1.807, 2.05) is 0 Å². The van der Waals surface area contributed by atoms with Crippen LogP contribution in [0.5, 0.6) is 5.75 Å². The minimum absolute atomic E-state index is 0.0253. The van der Waals surface area contributed by atoms with E-state index >= 15 is 0 Å². The van der Waals surface area contributed by atoms with Crippen LogP contribution >= 0.6 is 0 Å². The Morgan fingerprint density at radius 3 is 1.87 bits per heavy atom. The first-order valence-electron chi connectivity index (χ1n) is 14.7. The molecule has 0 aliphatic heterocycles. The van der Waals surface area contributed by atoms with Gasteiger partial charge >= 0.3 is 5.97 Å². The Hall–Kier alpha value is -4.52. The lowest BCUT2D eigenvalue weighted by Gasteiger charge is -2.26. The molecule has 0 spiro atoms. The highest BCUT2D eigenvalue weighted by Crippen LogP contribution is 2.13. The monoisotopic (exact) mass is 653 g/mol. The summed E-state index contributed by atoms with van der Waals surface area (Å²) in [7, 11) is 0. The molecule has 0 aromatic heterocycles. The lowest BCUT2D eigenvalue weighted by atomic mass is 10.0. The molecule has 4 amide bonds. The summed E-state index contributed by atoms with van der Waals surface area (Å²) in [6.45, 7) is 0.833. The fraction of sp³-hybridized carbons (Fsp3) is 0.571. The number of phenols is 1. The first-order chi connectivity index (χ1) is 21.7. The van der Waals surface area contributed by atoms with E-state index in [1.54, 1.807) is 0 Å². The second kappa shape index (κ2) is 20.5. The third kappa shape index (κ3) is 14.5. The Kier molecular flexibility index (Phi) is 17.6. The average Bonchev–Trinajstić information content (AvgIpc) is 3.00. The van der Waals surface area contributed by atoms with Crippen LogP contribution in [0.15, 0.2) is 29.3 Å². The second-order valence-electron chi connectivity index (χ2n) is 10.6. The largest absolute Gasteiger partial charge is 0.508 e. The number of rotatable bonds is 21. The van der Waals surface area contributed by atoms with E-state index < -0.39 is 72.5 Å². The highest BCUT2D eigenvalue weighted by atomic mass is 16.4. The molecule has 1 unspecified atom stereocenters. The standard InChI is InChI=1S/C28H47N9O9/c1-15(39)22(30)26(44)37-21(14-38)25(43)34-18(5-2-3-11-29)23(41)36-20(13-16-7-9-17(40)10-8-16)24(42)35-19(27(45)46)6-4-12-33-28(31)32/h7-10,15,18-22,38-40H,2-6,11-14,29-30H2,1H3,(H,34,43)(H,35,42)(H,36,41)(H,37,44)(H,45,46)(H4,31,32,33)/t15?,18-,19-,20-,21-,22-/m0/s1. The minimum Gasteiger partial charge on any atom is -0.508 e. The van der Waals surface area contributed by atoms with E-state index in [2.05, 4.69) is 26.3 Å². The molecule has 0 saturated heterocycles. The number of carbonyl (C=O) groups is 5. The molecule has 1 aromatic carbocycles. The van der Waals surface area contributed by atoms with Crippen LogP contribution in [-0.4, -0.2) is 112 Å². The maximum Gasteiger partial charge on any atom is 0.326 e. The molecule has 18 nitrogen and oxygen atoms in total. The van der Waals surface area contributed by atoms with E-state index in [4.69, 9.17) is 22.9 Å². The van der Waals surface area contributed by atoms with Gasteiger partial charge in [-0.05, 0) is 63.3 Å². The number of benzene rings is 1. The number of amides is 4. The lowest BCUT2D eigenvalue weighted by Crippen LogP contribution is -2.60. The van der Waals surface area contributed by atoms with Crippen molar-refractivity contribution >= 4 is 35.6 Å². The Balaban J connectivity index is 3.21. The van der Waals surface area contributed by atoms with Gasteiger partial charge in [0.2, 0.25) is 23.6 Å². The number of carboxylic acid groups (broad SMARTS) is 1. The van der Waals surface area contributed by atoms with Crippen molar-refractivity contribution in [2.75, 3.05) is 19.7 Å². The molecule has 0 aliphatic carbocycles. The summed E-state index contributed by atoms with van der Waals surface area (Å²) < 4.78 is 0. The van der Waals surface area contributed by atoms with Crippen LogP contribution in [0.2, 0.25) is 0 Å². The molecule has 46 heavy (non-hydrogen) atoms. The van der Waals surface area contributed by atoms with Crippen molar-refractivity contribution in [1.29, 1.82) is 0 Å². The fourth-order valence-corrected chi connectivity index (χ4v) is 4.10. The summed E-state index contributed by atoms with van der Waals surface area (Å²) in [6, 6.07) is -1.07. The zero-order chi connectivity index (χ0) is 34.8. The number of nitrogens with two attached hydrogens (primary N) is 4.